The fourth-order valence-electron chi connectivity index (χ4n) is 1.16. The van der Waals surface area contributed by atoms with E-state index in [0.717, 1.165) is 6.92 Å². The van der Waals surface area contributed by atoms with Crippen LogP contribution >= 0.6 is 0 Å². The van der Waals surface area contributed by atoms with Crippen LogP contribution in [0.5, 0.6) is 0 Å². The van der Waals surface area contributed by atoms with E-state index in [9.17, 15) is 22.8 Å². The van der Waals surface area contributed by atoms with Crippen molar-refractivity contribution in [2.75, 3.05) is 0 Å². The Balaban J connectivity index is 4.60. The SMILES string of the molecule is C[C@H](C[C@H](NC(=O)OC(C)(C)C)C(=O)O)C(F)(F)F. The number of ether oxygens (including phenoxy) is 1. The second kappa shape index (κ2) is 6.12. The van der Waals surface area contributed by atoms with Crippen LogP contribution in [0.4, 0.5) is 18.0 Å². The van der Waals surface area contributed by atoms with Crippen molar-refractivity contribution in [2.45, 2.75) is 51.9 Å². The molecule has 19 heavy (non-hydrogen) atoms. The summed E-state index contributed by atoms with van der Waals surface area (Å²) in [5, 5.41) is 10.7. The zero-order valence-electron chi connectivity index (χ0n) is 11.2. The van der Waals surface area contributed by atoms with Crippen molar-refractivity contribution in [1.82, 2.24) is 5.32 Å². The topological polar surface area (TPSA) is 75.6 Å². The number of alkyl halides is 3. The van der Waals surface area contributed by atoms with Gasteiger partial charge in [-0.1, -0.05) is 6.92 Å². The number of nitrogens with one attached hydrogen (secondary N) is 1. The van der Waals surface area contributed by atoms with Gasteiger partial charge in [0.25, 0.3) is 0 Å². The van der Waals surface area contributed by atoms with Gasteiger partial charge in [0.2, 0.25) is 0 Å². The average molecular weight is 285 g/mol. The standard InChI is InChI=1S/C11H18F3NO4/c1-6(11(12,13)14)5-7(8(16)17)15-9(18)19-10(2,3)4/h6-7H,5H2,1-4H3,(H,15,18)(H,16,17)/t6-,7+/m1/s1. The van der Waals surface area contributed by atoms with E-state index < -0.39 is 42.2 Å². The van der Waals surface area contributed by atoms with Crippen molar-refractivity contribution in [1.29, 1.82) is 0 Å². The summed E-state index contributed by atoms with van der Waals surface area (Å²) in [6.45, 7) is 5.52. The van der Waals surface area contributed by atoms with Crippen LogP contribution in [-0.4, -0.2) is 35.0 Å². The normalized spacial score (nSPS) is 15.5. The number of rotatable bonds is 4. The maximum absolute atomic E-state index is 12.3. The molecule has 0 bridgehead atoms. The van der Waals surface area contributed by atoms with Crippen molar-refractivity contribution in [3.8, 4) is 0 Å². The van der Waals surface area contributed by atoms with E-state index in [1.54, 1.807) is 20.8 Å². The Morgan fingerprint density at radius 3 is 2.05 bits per heavy atom. The third-order valence-corrected chi connectivity index (χ3v) is 2.14. The highest BCUT2D eigenvalue weighted by atomic mass is 19.4. The molecule has 0 saturated carbocycles. The molecule has 0 saturated heterocycles. The van der Waals surface area contributed by atoms with Crippen LogP contribution in [0.3, 0.4) is 0 Å². The van der Waals surface area contributed by atoms with Gasteiger partial charge in [0, 0.05) is 0 Å². The summed E-state index contributed by atoms with van der Waals surface area (Å²) in [6, 6.07) is -1.65. The quantitative estimate of drug-likeness (QED) is 0.832. The van der Waals surface area contributed by atoms with Crippen LogP contribution in [-0.2, 0) is 9.53 Å². The Labute approximate surface area is 109 Å². The molecule has 5 nitrogen and oxygen atoms in total. The van der Waals surface area contributed by atoms with Gasteiger partial charge in [0.15, 0.2) is 0 Å². The van der Waals surface area contributed by atoms with Gasteiger partial charge in [-0.25, -0.2) is 9.59 Å². The Bertz CT molecular complexity index is 336. The monoisotopic (exact) mass is 285 g/mol. The first kappa shape index (κ1) is 17.5. The molecule has 0 aliphatic rings. The summed E-state index contributed by atoms with van der Waals surface area (Å²) in [7, 11) is 0. The van der Waals surface area contributed by atoms with Crippen LogP contribution in [0.25, 0.3) is 0 Å². The van der Waals surface area contributed by atoms with Gasteiger partial charge in [-0.3, -0.25) is 0 Å². The summed E-state index contributed by atoms with van der Waals surface area (Å²) in [5.74, 6) is -3.38. The van der Waals surface area contributed by atoms with E-state index in [1.807, 2.05) is 5.32 Å². The van der Waals surface area contributed by atoms with Crippen LogP contribution in [0.15, 0.2) is 0 Å². The van der Waals surface area contributed by atoms with Gasteiger partial charge < -0.3 is 15.2 Å². The average Bonchev–Trinajstić information content (AvgIpc) is 2.11. The predicted molar refractivity (Wildman–Crippen MR) is 60.6 cm³/mol. The fourth-order valence-corrected chi connectivity index (χ4v) is 1.16. The summed E-state index contributed by atoms with van der Waals surface area (Å²) < 4.78 is 41.8. The third kappa shape index (κ3) is 7.53. The number of carboxylic acid groups (broad SMARTS) is 1. The lowest BCUT2D eigenvalue weighted by Gasteiger charge is -2.24. The zero-order chi connectivity index (χ0) is 15.4. The van der Waals surface area contributed by atoms with Crippen molar-refractivity contribution in [3.05, 3.63) is 0 Å². The van der Waals surface area contributed by atoms with E-state index in [4.69, 9.17) is 9.84 Å². The number of halogens is 3. The molecule has 8 heteroatoms. The number of carboxylic acids is 1. The van der Waals surface area contributed by atoms with E-state index >= 15 is 0 Å². The molecule has 0 rings (SSSR count). The van der Waals surface area contributed by atoms with E-state index in [-0.39, 0.29) is 0 Å². The molecule has 0 radical (unpaired) electrons. The molecule has 0 aromatic rings. The molecular weight excluding hydrogens is 267 g/mol. The Kier molecular flexibility index (Phi) is 5.64. The summed E-state index contributed by atoms with van der Waals surface area (Å²) in [4.78, 5) is 22.2. The maximum Gasteiger partial charge on any atom is 0.408 e. The number of hydrogen-bond acceptors (Lipinski definition) is 3. The molecule has 0 unspecified atom stereocenters. The Hall–Kier alpha value is -1.47. The molecule has 0 heterocycles. The Morgan fingerprint density at radius 2 is 1.74 bits per heavy atom. The van der Waals surface area contributed by atoms with Crippen molar-refractivity contribution >= 4 is 12.1 Å². The van der Waals surface area contributed by atoms with Crippen LogP contribution in [0.2, 0.25) is 0 Å². The third-order valence-electron chi connectivity index (χ3n) is 2.14. The first-order valence-electron chi connectivity index (χ1n) is 5.62. The van der Waals surface area contributed by atoms with Crippen LogP contribution in [0.1, 0.15) is 34.1 Å². The van der Waals surface area contributed by atoms with Crippen molar-refractivity contribution < 1.29 is 32.6 Å². The highest BCUT2D eigenvalue weighted by molar-refractivity contribution is 5.80. The molecule has 0 spiro atoms. The highest BCUT2D eigenvalue weighted by Crippen LogP contribution is 2.29. The molecule has 0 fully saturated rings. The molecule has 2 N–H and O–H groups in total. The molecule has 0 aliphatic heterocycles. The van der Waals surface area contributed by atoms with Gasteiger partial charge in [0.05, 0.1) is 5.92 Å². The number of amides is 1. The maximum atomic E-state index is 12.3. The van der Waals surface area contributed by atoms with Gasteiger partial charge in [-0.2, -0.15) is 13.2 Å². The number of carbonyl (C=O) groups excluding carboxylic acids is 1. The van der Waals surface area contributed by atoms with Crippen molar-refractivity contribution in [2.24, 2.45) is 5.92 Å². The summed E-state index contributed by atoms with van der Waals surface area (Å²) in [5.41, 5.74) is -0.858. The fraction of sp³-hybridized carbons (Fsp3) is 0.818. The molecule has 112 valence electrons. The minimum atomic E-state index is -4.51. The highest BCUT2D eigenvalue weighted by Gasteiger charge is 2.39. The second-order valence-corrected chi connectivity index (χ2v) is 5.22. The summed E-state index contributed by atoms with van der Waals surface area (Å²) in [6.07, 6.45) is -6.32. The molecule has 2 atom stereocenters. The minimum absolute atomic E-state index is 0.752. The first-order chi connectivity index (χ1) is 8.33. The zero-order valence-corrected chi connectivity index (χ0v) is 11.2. The molecule has 1 amide bonds. The van der Waals surface area contributed by atoms with Crippen LogP contribution < -0.4 is 5.32 Å². The van der Waals surface area contributed by atoms with Gasteiger partial charge >= 0.3 is 18.2 Å². The van der Waals surface area contributed by atoms with Gasteiger partial charge in [-0.05, 0) is 27.2 Å². The Morgan fingerprint density at radius 1 is 1.26 bits per heavy atom. The van der Waals surface area contributed by atoms with Crippen LogP contribution in [0, 0.1) is 5.92 Å². The predicted octanol–water partition coefficient (Wildman–Crippen LogP) is 2.55. The second-order valence-electron chi connectivity index (χ2n) is 5.22. The minimum Gasteiger partial charge on any atom is -0.480 e. The summed E-state index contributed by atoms with van der Waals surface area (Å²) >= 11 is 0. The molecular formula is C11H18F3NO4. The first-order valence-corrected chi connectivity index (χ1v) is 5.62. The van der Waals surface area contributed by atoms with Gasteiger partial charge in [0.1, 0.15) is 11.6 Å². The van der Waals surface area contributed by atoms with Gasteiger partial charge in [-0.15, -0.1) is 0 Å². The number of alkyl carbamates (subject to hydrolysis) is 1. The lowest BCUT2D eigenvalue weighted by molar-refractivity contribution is -0.174. The lowest BCUT2D eigenvalue weighted by Crippen LogP contribution is -2.45. The number of carbonyl (C=O) groups is 2. The van der Waals surface area contributed by atoms with E-state index in [1.165, 1.54) is 0 Å². The largest absolute Gasteiger partial charge is 0.480 e. The molecule has 0 aromatic heterocycles. The van der Waals surface area contributed by atoms with E-state index in [2.05, 4.69) is 0 Å². The smallest absolute Gasteiger partial charge is 0.408 e. The molecule has 0 aliphatic carbocycles. The van der Waals surface area contributed by atoms with Crippen molar-refractivity contribution in [3.63, 3.8) is 0 Å². The molecule has 0 aromatic carbocycles. The number of aliphatic carboxylic acids is 1. The lowest BCUT2D eigenvalue weighted by atomic mass is 10.0. The van der Waals surface area contributed by atoms with E-state index in [0.29, 0.717) is 0 Å². The number of hydrogen-bond donors (Lipinski definition) is 2.